The van der Waals surface area contributed by atoms with Crippen molar-refractivity contribution < 1.29 is 17.9 Å². The number of sulfonamides is 1. The summed E-state index contributed by atoms with van der Waals surface area (Å²) >= 11 is 11.9. The molecule has 1 saturated heterocycles. The summed E-state index contributed by atoms with van der Waals surface area (Å²) in [5, 5.41) is 3.31. The van der Waals surface area contributed by atoms with E-state index >= 15 is 0 Å². The Kier molecular flexibility index (Phi) is 8.18. The molecular formula is C21H25Cl2N3O4S. The number of benzene rings is 2. The van der Waals surface area contributed by atoms with Crippen LogP contribution in [-0.4, -0.2) is 58.3 Å². The Morgan fingerprint density at radius 1 is 1.10 bits per heavy atom. The first-order valence-corrected chi connectivity index (χ1v) is 12.4. The average molecular weight is 486 g/mol. The lowest BCUT2D eigenvalue weighted by molar-refractivity contribution is -0.119. The summed E-state index contributed by atoms with van der Waals surface area (Å²) in [5.74, 6) is -0.421. The minimum absolute atomic E-state index is 0.213. The summed E-state index contributed by atoms with van der Waals surface area (Å²) in [6.07, 6.45) is 1.04. The van der Waals surface area contributed by atoms with Crippen molar-refractivity contribution in [3.8, 4) is 0 Å². The molecule has 31 heavy (non-hydrogen) atoms. The molecule has 1 N–H and O–H groups in total. The molecule has 0 bridgehead atoms. The summed E-state index contributed by atoms with van der Waals surface area (Å²) in [6, 6.07) is 12.4. The van der Waals surface area contributed by atoms with Crippen molar-refractivity contribution in [1.82, 2.24) is 10.2 Å². The molecule has 7 nitrogen and oxygen atoms in total. The van der Waals surface area contributed by atoms with Gasteiger partial charge in [-0.1, -0.05) is 47.5 Å². The van der Waals surface area contributed by atoms with E-state index in [-0.39, 0.29) is 17.3 Å². The van der Waals surface area contributed by atoms with Crippen LogP contribution in [0.5, 0.6) is 0 Å². The van der Waals surface area contributed by atoms with Crippen LogP contribution in [0.3, 0.4) is 0 Å². The van der Waals surface area contributed by atoms with E-state index in [1.54, 1.807) is 0 Å². The molecule has 2 aromatic carbocycles. The molecule has 1 aliphatic heterocycles. The maximum Gasteiger partial charge on any atom is 0.241 e. The molecule has 3 rings (SSSR count). The monoisotopic (exact) mass is 485 g/mol. The van der Waals surface area contributed by atoms with Crippen molar-refractivity contribution in [2.45, 2.75) is 13.1 Å². The number of carbonyl (C=O) groups is 1. The van der Waals surface area contributed by atoms with E-state index in [1.807, 2.05) is 18.2 Å². The van der Waals surface area contributed by atoms with Gasteiger partial charge in [-0.15, -0.1) is 0 Å². The van der Waals surface area contributed by atoms with E-state index in [1.165, 1.54) is 18.2 Å². The quantitative estimate of drug-likeness (QED) is 0.621. The molecular weight excluding hydrogens is 461 g/mol. The largest absolute Gasteiger partial charge is 0.379 e. The van der Waals surface area contributed by atoms with E-state index in [0.29, 0.717) is 11.6 Å². The molecule has 0 saturated carbocycles. The van der Waals surface area contributed by atoms with Crippen LogP contribution in [0, 0.1) is 0 Å². The average Bonchev–Trinajstić information content (AvgIpc) is 2.73. The van der Waals surface area contributed by atoms with E-state index in [9.17, 15) is 13.2 Å². The van der Waals surface area contributed by atoms with E-state index in [4.69, 9.17) is 27.9 Å². The normalized spacial score (nSPS) is 14.9. The van der Waals surface area contributed by atoms with Crippen LogP contribution in [0.15, 0.2) is 42.5 Å². The number of halogens is 2. The Hall–Kier alpha value is -1.84. The lowest BCUT2D eigenvalue weighted by atomic mass is 10.1. The van der Waals surface area contributed by atoms with Crippen molar-refractivity contribution in [2.24, 2.45) is 0 Å². The predicted octanol–water partition coefficient (Wildman–Crippen LogP) is 2.91. The fourth-order valence-electron chi connectivity index (χ4n) is 3.28. The van der Waals surface area contributed by atoms with Gasteiger partial charge in [0.15, 0.2) is 0 Å². The van der Waals surface area contributed by atoms with Gasteiger partial charge in [-0.3, -0.25) is 14.0 Å². The molecule has 0 atom stereocenters. The number of hydrogen-bond donors (Lipinski definition) is 1. The van der Waals surface area contributed by atoms with Crippen LogP contribution in [0.2, 0.25) is 10.0 Å². The Morgan fingerprint density at radius 2 is 1.81 bits per heavy atom. The molecule has 1 amide bonds. The van der Waals surface area contributed by atoms with Gasteiger partial charge in [0.1, 0.15) is 6.54 Å². The maximum atomic E-state index is 12.5. The van der Waals surface area contributed by atoms with Gasteiger partial charge < -0.3 is 10.1 Å². The Bertz CT molecular complexity index is 1030. The third-order valence-corrected chi connectivity index (χ3v) is 6.75. The number of ether oxygens (including phenoxy) is 1. The minimum atomic E-state index is -3.69. The summed E-state index contributed by atoms with van der Waals surface area (Å²) < 4.78 is 30.8. The van der Waals surface area contributed by atoms with Gasteiger partial charge in [-0.2, -0.15) is 0 Å². The molecule has 0 aromatic heterocycles. The zero-order valence-electron chi connectivity index (χ0n) is 17.2. The number of carbonyl (C=O) groups excluding carboxylic acids is 1. The first kappa shape index (κ1) is 23.8. The second kappa shape index (κ2) is 10.7. The highest BCUT2D eigenvalue weighted by Crippen LogP contribution is 2.28. The number of nitrogens with one attached hydrogen (secondary N) is 1. The number of rotatable bonds is 8. The third-order valence-electron chi connectivity index (χ3n) is 4.87. The van der Waals surface area contributed by atoms with Crippen molar-refractivity contribution in [3.05, 3.63) is 63.6 Å². The van der Waals surface area contributed by atoms with E-state index < -0.39 is 15.9 Å². The topological polar surface area (TPSA) is 79.0 Å². The van der Waals surface area contributed by atoms with Gasteiger partial charge in [-0.25, -0.2) is 8.42 Å². The van der Waals surface area contributed by atoms with Gasteiger partial charge in [0, 0.05) is 26.2 Å². The Balaban J connectivity index is 1.61. The predicted molar refractivity (Wildman–Crippen MR) is 123 cm³/mol. The van der Waals surface area contributed by atoms with Crippen LogP contribution in [-0.2, 0) is 32.6 Å². The molecule has 1 aliphatic rings. The molecule has 168 valence electrons. The van der Waals surface area contributed by atoms with Gasteiger partial charge in [-0.05, 0) is 29.3 Å². The van der Waals surface area contributed by atoms with Gasteiger partial charge in [0.05, 0.1) is 35.2 Å². The molecule has 0 unspecified atom stereocenters. The second-order valence-corrected chi connectivity index (χ2v) is 10.1. The maximum absolute atomic E-state index is 12.5. The summed E-state index contributed by atoms with van der Waals surface area (Å²) in [7, 11) is -3.69. The van der Waals surface area contributed by atoms with Gasteiger partial charge in [0.2, 0.25) is 15.9 Å². The zero-order chi connectivity index (χ0) is 22.4. The second-order valence-electron chi connectivity index (χ2n) is 7.35. The SMILES string of the molecule is CS(=O)(=O)N(CC(=O)NCc1cccc(CN2CCOCC2)c1)c1ccc(Cl)c(Cl)c1. The summed E-state index contributed by atoms with van der Waals surface area (Å²) in [6.45, 7) is 4.05. The lowest BCUT2D eigenvalue weighted by Gasteiger charge is -2.26. The van der Waals surface area contributed by atoms with Crippen LogP contribution in [0.25, 0.3) is 0 Å². The standard InChI is InChI=1S/C21H25Cl2N3O4S/c1-31(28,29)26(18-5-6-19(22)20(23)12-18)15-21(27)24-13-16-3-2-4-17(11-16)14-25-7-9-30-10-8-25/h2-6,11-12H,7-10,13-15H2,1H3,(H,24,27). The van der Waals surface area contributed by atoms with Crippen LogP contribution in [0.1, 0.15) is 11.1 Å². The number of anilines is 1. The molecule has 10 heteroatoms. The lowest BCUT2D eigenvalue weighted by Crippen LogP contribution is -2.40. The molecule has 2 aromatic rings. The van der Waals surface area contributed by atoms with Crippen LogP contribution < -0.4 is 9.62 Å². The first-order valence-electron chi connectivity index (χ1n) is 9.80. The van der Waals surface area contributed by atoms with Gasteiger partial charge >= 0.3 is 0 Å². The van der Waals surface area contributed by atoms with Crippen LogP contribution in [0.4, 0.5) is 5.69 Å². The molecule has 1 fully saturated rings. The smallest absolute Gasteiger partial charge is 0.241 e. The van der Waals surface area contributed by atoms with Crippen molar-refractivity contribution >= 4 is 44.8 Å². The number of nitrogens with zero attached hydrogens (tertiary/aromatic N) is 2. The van der Waals surface area contributed by atoms with Crippen molar-refractivity contribution in [2.75, 3.05) is 43.4 Å². The fraction of sp³-hybridized carbons (Fsp3) is 0.381. The van der Waals surface area contributed by atoms with Crippen molar-refractivity contribution in [3.63, 3.8) is 0 Å². The zero-order valence-corrected chi connectivity index (χ0v) is 19.5. The number of hydrogen-bond acceptors (Lipinski definition) is 5. The summed E-state index contributed by atoms with van der Waals surface area (Å²) in [4.78, 5) is 14.8. The van der Waals surface area contributed by atoms with E-state index in [2.05, 4.69) is 16.3 Å². The minimum Gasteiger partial charge on any atom is -0.379 e. The van der Waals surface area contributed by atoms with Crippen molar-refractivity contribution in [1.29, 1.82) is 0 Å². The molecule has 0 aliphatic carbocycles. The third kappa shape index (κ3) is 7.08. The molecule has 0 spiro atoms. The van der Waals surface area contributed by atoms with Crippen LogP contribution >= 0.6 is 23.2 Å². The number of amides is 1. The highest BCUT2D eigenvalue weighted by atomic mass is 35.5. The molecule has 1 heterocycles. The summed E-state index contributed by atoms with van der Waals surface area (Å²) in [5.41, 5.74) is 2.38. The van der Waals surface area contributed by atoms with Gasteiger partial charge in [0.25, 0.3) is 0 Å². The highest BCUT2D eigenvalue weighted by molar-refractivity contribution is 7.92. The van der Waals surface area contributed by atoms with E-state index in [0.717, 1.165) is 54.5 Å². The fourth-order valence-corrected chi connectivity index (χ4v) is 4.42. The molecule has 0 radical (unpaired) electrons. The number of morpholine rings is 1. The first-order chi connectivity index (χ1) is 14.7. The Morgan fingerprint density at radius 3 is 2.48 bits per heavy atom. The Labute approximate surface area is 192 Å². The highest BCUT2D eigenvalue weighted by Gasteiger charge is 2.21.